The number of ether oxygens (including phenoxy) is 1. The van der Waals surface area contributed by atoms with Crippen molar-refractivity contribution in [1.82, 2.24) is 0 Å². The van der Waals surface area contributed by atoms with Crippen LogP contribution in [0, 0.1) is 6.92 Å². The van der Waals surface area contributed by atoms with Crippen LogP contribution in [0.25, 0.3) is 0 Å². The Kier molecular flexibility index (Phi) is 4.40. The first-order chi connectivity index (χ1) is 9.47. The van der Waals surface area contributed by atoms with E-state index in [1.54, 1.807) is 0 Å². The maximum Gasteiger partial charge on any atom is 0.137 e. The second-order valence-corrected chi connectivity index (χ2v) is 5.63. The minimum Gasteiger partial charge on any atom is -0.457 e. The number of rotatable bonds is 4. The molecule has 0 fully saturated rings. The minimum atomic E-state index is 0.351. The number of aryl methyl sites for hydroxylation is 1. The van der Waals surface area contributed by atoms with Gasteiger partial charge in [-0.25, -0.2) is 0 Å². The molecule has 0 aliphatic rings. The Balaban J connectivity index is 2.35. The van der Waals surface area contributed by atoms with Crippen LogP contribution >= 0.6 is 12.2 Å². The summed E-state index contributed by atoms with van der Waals surface area (Å²) in [5.74, 6) is 1.97. The van der Waals surface area contributed by atoms with Gasteiger partial charge in [-0.15, -0.1) is 0 Å². The Morgan fingerprint density at radius 2 is 1.90 bits per heavy atom. The first kappa shape index (κ1) is 14.5. The van der Waals surface area contributed by atoms with Crippen LogP contribution < -0.4 is 10.5 Å². The second kappa shape index (κ2) is 6.06. The van der Waals surface area contributed by atoms with Gasteiger partial charge in [0.2, 0.25) is 0 Å². The standard InChI is InChI=1S/C17H19NOS/c1-11(2)13-5-4-6-14(10-13)19-16-8-7-12(3)9-15(16)17(18)20/h4-11H,1-3H3,(H2,18,20). The van der Waals surface area contributed by atoms with Crippen LogP contribution in [0.1, 0.15) is 36.5 Å². The third kappa shape index (κ3) is 3.36. The molecule has 104 valence electrons. The van der Waals surface area contributed by atoms with Gasteiger partial charge in [-0.1, -0.05) is 49.8 Å². The zero-order valence-corrected chi connectivity index (χ0v) is 12.8. The third-order valence-corrected chi connectivity index (χ3v) is 3.37. The molecule has 0 unspecified atom stereocenters. The van der Waals surface area contributed by atoms with Crippen LogP contribution in [0.2, 0.25) is 0 Å². The van der Waals surface area contributed by atoms with Gasteiger partial charge in [-0.3, -0.25) is 0 Å². The molecule has 0 heterocycles. The Hall–Kier alpha value is -1.87. The van der Waals surface area contributed by atoms with Gasteiger partial charge in [0.05, 0.1) is 5.56 Å². The van der Waals surface area contributed by atoms with E-state index in [0.717, 1.165) is 16.9 Å². The van der Waals surface area contributed by atoms with E-state index in [4.69, 9.17) is 22.7 Å². The van der Waals surface area contributed by atoms with E-state index in [1.165, 1.54) is 5.56 Å². The molecular weight excluding hydrogens is 266 g/mol. The van der Waals surface area contributed by atoms with Crippen molar-refractivity contribution in [2.45, 2.75) is 26.7 Å². The summed E-state index contributed by atoms with van der Waals surface area (Å²) in [6.07, 6.45) is 0. The Morgan fingerprint density at radius 1 is 1.15 bits per heavy atom. The van der Waals surface area contributed by atoms with Gasteiger partial charge in [0.15, 0.2) is 0 Å². The molecule has 2 N–H and O–H groups in total. The van der Waals surface area contributed by atoms with Crippen LogP contribution in [-0.2, 0) is 0 Å². The largest absolute Gasteiger partial charge is 0.457 e. The topological polar surface area (TPSA) is 35.2 Å². The fraction of sp³-hybridized carbons (Fsp3) is 0.235. The monoisotopic (exact) mass is 285 g/mol. The van der Waals surface area contributed by atoms with Gasteiger partial charge in [-0.2, -0.15) is 0 Å². The van der Waals surface area contributed by atoms with Crippen LogP contribution in [-0.4, -0.2) is 4.99 Å². The van der Waals surface area contributed by atoms with E-state index in [2.05, 4.69) is 19.9 Å². The third-order valence-electron chi connectivity index (χ3n) is 3.15. The first-order valence-corrected chi connectivity index (χ1v) is 7.06. The van der Waals surface area contributed by atoms with Crippen molar-refractivity contribution < 1.29 is 4.74 Å². The van der Waals surface area contributed by atoms with E-state index < -0.39 is 0 Å². The number of nitrogens with two attached hydrogens (primary N) is 1. The predicted molar refractivity (Wildman–Crippen MR) is 87.7 cm³/mol. The quantitative estimate of drug-likeness (QED) is 0.837. The zero-order chi connectivity index (χ0) is 14.7. The summed E-state index contributed by atoms with van der Waals surface area (Å²) in [5.41, 5.74) is 8.89. The molecule has 0 bridgehead atoms. The Morgan fingerprint density at radius 3 is 2.55 bits per heavy atom. The number of benzene rings is 2. The summed E-state index contributed by atoms with van der Waals surface area (Å²) in [7, 11) is 0. The lowest BCUT2D eigenvalue weighted by molar-refractivity contribution is 0.480. The summed E-state index contributed by atoms with van der Waals surface area (Å²) in [5, 5.41) is 0. The van der Waals surface area contributed by atoms with E-state index in [9.17, 15) is 0 Å². The van der Waals surface area contributed by atoms with E-state index in [0.29, 0.717) is 16.7 Å². The van der Waals surface area contributed by atoms with Crippen molar-refractivity contribution in [1.29, 1.82) is 0 Å². The van der Waals surface area contributed by atoms with E-state index >= 15 is 0 Å². The fourth-order valence-electron chi connectivity index (χ4n) is 1.99. The lowest BCUT2D eigenvalue weighted by Crippen LogP contribution is -2.11. The van der Waals surface area contributed by atoms with Gasteiger partial charge in [-0.05, 0) is 42.7 Å². The molecule has 0 aliphatic carbocycles. The summed E-state index contributed by atoms with van der Waals surface area (Å²) in [4.78, 5) is 0.351. The highest BCUT2D eigenvalue weighted by Crippen LogP contribution is 2.28. The summed E-state index contributed by atoms with van der Waals surface area (Å²) in [6.45, 7) is 6.32. The molecule has 2 nitrogen and oxygen atoms in total. The maximum absolute atomic E-state index is 5.95. The molecule has 0 saturated heterocycles. The Labute approximate surface area is 125 Å². The second-order valence-electron chi connectivity index (χ2n) is 5.19. The number of hydrogen-bond donors (Lipinski definition) is 1. The molecule has 0 saturated carbocycles. The molecule has 2 aromatic rings. The number of thiocarbonyl (C=S) groups is 1. The molecule has 20 heavy (non-hydrogen) atoms. The molecular formula is C17H19NOS. The fourth-order valence-corrected chi connectivity index (χ4v) is 2.15. The van der Waals surface area contributed by atoms with Gasteiger partial charge in [0, 0.05) is 0 Å². The molecule has 0 radical (unpaired) electrons. The smallest absolute Gasteiger partial charge is 0.137 e. The zero-order valence-electron chi connectivity index (χ0n) is 12.0. The Bertz CT molecular complexity index is 635. The van der Waals surface area contributed by atoms with Crippen LogP contribution in [0.4, 0.5) is 0 Å². The highest BCUT2D eigenvalue weighted by atomic mass is 32.1. The molecule has 0 aromatic heterocycles. The SMILES string of the molecule is Cc1ccc(Oc2cccc(C(C)C)c2)c(C(N)=S)c1. The summed E-state index contributed by atoms with van der Waals surface area (Å²) in [6, 6.07) is 13.9. The van der Waals surface area contributed by atoms with E-state index in [1.807, 2.05) is 43.3 Å². The van der Waals surface area contributed by atoms with Gasteiger partial charge in [0.1, 0.15) is 16.5 Å². The molecule has 0 amide bonds. The predicted octanol–water partition coefficient (Wildman–Crippen LogP) is 4.54. The van der Waals surface area contributed by atoms with Crippen molar-refractivity contribution in [3.63, 3.8) is 0 Å². The average Bonchev–Trinajstić information content (AvgIpc) is 2.41. The summed E-state index contributed by atoms with van der Waals surface area (Å²) < 4.78 is 5.95. The maximum atomic E-state index is 5.95. The molecule has 3 heteroatoms. The van der Waals surface area contributed by atoms with Gasteiger partial charge in [0.25, 0.3) is 0 Å². The molecule has 0 atom stereocenters. The molecule has 2 rings (SSSR count). The number of hydrogen-bond acceptors (Lipinski definition) is 2. The van der Waals surface area contributed by atoms with Crippen molar-refractivity contribution in [2.24, 2.45) is 5.73 Å². The van der Waals surface area contributed by atoms with Crippen LogP contribution in [0.5, 0.6) is 11.5 Å². The van der Waals surface area contributed by atoms with Crippen LogP contribution in [0.15, 0.2) is 42.5 Å². The molecule has 0 spiro atoms. The van der Waals surface area contributed by atoms with Crippen LogP contribution in [0.3, 0.4) is 0 Å². The molecule has 2 aromatic carbocycles. The highest BCUT2D eigenvalue weighted by Gasteiger charge is 2.09. The van der Waals surface area contributed by atoms with Gasteiger partial charge < -0.3 is 10.5 Å². The average molecular weight is 285 g/mol. The normalized spacial score (nSPS) is 10.6. The lowest BCUT2D eigenvalue weighted by atomic mass is 10.0. The highest BCUT2D eigenvalue weighted by molar-refractivity contribution is 7.80. The molecule has 0 aliphatic heterocycles. The first-order valence-electron chi connectivity index (χ1n) is 6.65. The minimum absolute atomic E-state index is 0.351. The van der Waals surface area contributed by atoms with Crippen molar-refractivity contribution >= 4 is 17.2 Å². The van der Waals surface area contributed by atoms with Crippen molar-refractivity contribution in [3.05, 3.63) is 59.2 Å². The summed E-state index contributed by atoms with van der Waals surface area (Å²) >= 11 is 5.09. The van der Waals surface area contributed by atoms with Crippen molar-refractivity contribution in [2.75, 3.05) is 0 Å². The van der Waals surface area contributed by atoms with E-state index in [-0.39, 0.29) is 0 Å². The lowest BCUT2D eigenvalue weighted by Gasteiger charge is -2.13. The van der Waals surface area contributed by atoms with Gasteiger partial charge >= 0.3 is 0 Å². The van der Waals surface area contributed by atoms with Crippen molar-refractivity contribution in [3.8, 4) is 11.5 Å².